The van der Waals surface area contributed by atoms with Crippen LogP contribution in [0.4, 0.5) is 0 Å². The molecule has 1 aromatic carbocycles. The molecule has 82 valence electrons. The van der Waals surface area contributed by atoms with Gasteiger partial charge in [0.2, 0.25) is 0 Å². The summed E-state index contributed by atoms with van der Waals surface area (Å²) in [6, 6.07) is 11.8. The lowest BCUT2D eigenvalue weighted by Gasteiger charge is -2.03. The van der Waals surface area contributed by atoms with Crippen molar-refractivity contribution in [3.8, 4) is 0 Å². The summed E-state index contributed by atoms with van der Waals surface area (Å²) >= 11 is 0. The van der Waals surface area contributed by atoms with Gasteiger partial charge < -0.3 is 10.1 Å². The van der Waals surface area contributed by atoms with Crippen LogP contribution in [-0.4, -0.2) is 18.7 Å². The van der Waals surface area contributed by atoms with Crippen molar-refractivity contribution in [1.82, 2.24) is 5.32 Å². The molecule has 1 N–H and O–H groups in total. The van der Waals surface area contributed by atoms with Crippen molar-refractivity contribution in [3.63, 3.8) is 0 Å². The molecule has 15 heavy (non-hydrogen) atoms. The summed E-state index contributed by atoms with van der Waals surface area (Å²) in [5.74, 6) is 0. The SMILES string of the molecule is CC[C@H]1N[C@H]1CCOCc1ccccc1. The van der Waals surface area contributed by atoms with Crippen LogP contribution < -0.4 is 5.32 Å². The number of nitrogens with one attached hydrogen (secondary N) is 1. The van der Waals surface area contributed by atoms with Crippen molar-refractivity contribution in [2.45, 2.75) is 38.5 Å². The standard InChI is InChI=1S/C13H19NO/c1-2-12-13(14-12)8-9-15-10-11-6-4-3-5-7-11/h3-7,12-14H,2,8-10H2,1H3/t12-,13+/m1/s1. The van der Waals surface area contributed by atoms with E-state index in [0.717, 1.165) is 25.7 Å². The van der Waals surface area contributed by atoms with Gasteiger partial charge in [0.25, 0.3) is 0 Å². The third kappa shape index (κ3) is 3.33. The molecule has 0 saturated carbocycles. The van der Waals surface area contributed by atoms with Crippen LogP contribution in [0.5, 0.6) is 0 Å². The Morgan fingerprint density at radius 3 is 2.67 bits per heavy atom. The summed E-state index contributed by atoms with van der Waals surface area (Å²) in [6.45, 7) is 3.83. The van der Waals surface area contributed by atoms with E-state index < -0.39 is 0 Å². The Balaban J connectivity index is 1.56. The summed E-state index contributed by atoms with van der Waals surface area (Å²) < 4.78 is 5.62. The van der Waals surface area contributed by atoms with E-state index in [2.05, 4.69) is 24.4 Å². The molecule has 2 atom stereocenters. The zero-order valence-electron chi connectivity index (χ0n) is 9.28. The lowest BCUT2D eigenvalue weighted by Crippen LogP contribution is -2.01. The Kier molecular flexibility index (Phi) is 3.75. The number of benzene rings is 1. The predicted molar refractivity (Wildman–Crippen MR) is 61.7 cm³/mol. The first kappa shape index (κ1) is 10.7. The first-order chi connectivity index (χ1) is 7.40. The van der Waals surface area contributed by atoms with Gasteiger partial charge in [0.1, 0.15) is 0 Å². The minimum Gasteiger partial charge on any atom is -0.377 e. The summed E-state index contributed by atoms with van der Waals surface area (Å²) in [7, 11) is 0. The molecule has 0 radical (unpaired) electrons. The maximum absolute atomic E-state index is 5.62. The third-order valence-electron chi connectivity index (χ3n) is 2.93. The Bertz CT molecular complexity index is 286. The second-order valence-electron chi connectivity index (χ2n) is 4.11. The third-order valence-corrected chi connectivity index (χ3v) is 2.93. The second-order valence-corrected chi connectivity index (χ2v) is 4.11. The molecule has 1 aromatic rings. The zero-order valence-corrected chi connectivity index (χ0v) is 9.28. The quantitative estimate of drug-likeness (QED) is 0.571. The van der Waals surface area contributed by atoms with Gasteiger partial charge in [0, 0.05) is 18.7 Å². The lowest BCUT2D eigenvalue weighted by atomic mass is 10.2. The van der Waals surface area contributed by atoms with E-state index in [1.165, 1.54) is 12.0 Å². The maximum Gasteiger partial charge on any atom is 0.0716 e. The Labute approximate surface area is 91.6 Å². The van der Waals surface area contributed by atoms with Crippen LogP contribution in [0.3, 0.4) is 0 Å². The van der Waals surface area contributed by atoms with Crippen molar-refractivity contribution >= 4 is 0 Å². The fourth-order valence-electron chi connectivity index (χ4n) is 1.88. The maximum atomic E-state index is 5.62. The van der Waals surface area contributed by atoms with E-state index >= 15 is 0 Å². The van der Waals surface area contributed by atoms with E-state index in [-0.39, 0.29) is 0 Å². The molecule has 2 rings (SSSR count). The Morgan fingerprint density at radius 2 is 2.00 bits per heavy atom. The molecule has 0 bridgehead atoms. The molecule has 2 heteroatoms. The molecule has 0 aliphatic carbocycles. The minimum atomic E-state index is 0.714. The minimum absolute atomic E-state index is 0.714. The van der Waals surface area contributed by atoms with Crippen molar-refractivity contribution < 1.29 is 4.74 Å². The van der Waals surface area contributed by atoms with Gasteiger partial charge in [-0.15, -0.1) is 0 Å². The normalized spacial score (nSPS) is 24.1. The van der Waals surface area contributed by atoms with Crippen LogP contribution in [0.25, 0.3) is 0 Å². The monoisotopic (exact) mass is 205 g/mol. The van der Waals surface area contributed by atoms with Crippen LogP contribution in [0.1, 0.15) is 25.3 Å². The van der Waals surface area contributed by atoms with E-state index in [4.69, 9.17) is 4.74 Å². The van der Waals surface area contributed by atoms with E-state index in [1.54, 1.807) is 0 Å². The lowest BCUT2D eigenvalue weighted by molar-refractivity contribution is 0.118. The van der Waals surface area contributed by atoms with Gasteiger partial charge in [0.15, 0.2) is 0 Å². The average molecular weight is 205 g/mol. The molecule has 0 amide bonds. The summed E-state index contributed by atoms with van der Waals surface area (Å²) in [6.07, 6.45) is 2.38. The highest BCUT2D eigenvalue weighted by Gasteiger charge is 2.33. The topological polar surface area (TPSA) is 31.2 Å². The van der Waals surface area contributed by atoms with Gasteiger partial charge in [-0.2, -0.15) is 0 Å². The number of ether oxygens (including phenoxy) is 1. The predicted octanol–water partition coefficient (Wildman–Crippen LogP) is 2.34. The largest absolute Gasteiger partial charge is 0.377 e. The molecular formula is C13H19NO. The highest BCUT2D eigenvalue weighted by atomic mass is 16.5. The molecule has 1 aliphatic heterocycles. The molecule has 0 aromatic heterocycles. The molecule has 1 heterocycles. The second kappa shape index (κ2) is 5.29. The smallest absolute Gasteiger partial charge is 0.0716 e. The Morgan fingerprint density at radius 1 is 1.20 bits per heavy atom. The van der Waals surface area contributed by atoms with Crippen LogP contribution >= 0.6 is 0 Å². The average Bonchev–Trinajstić information content (AvgIpc) is 3.05. The molecule has 0 spiro atoms. The summed E-state index contributed by atoms with van der Waals surface area (Å²) in [4.78, 5) is 0. The highest BCUT2D eigenvalue weighted by molar-refractivity contribution is 5.13. The number of hydrogen-bond acceptors (Lipinski definition) is 2. The van der Waals surface area contributed by atoms with Crippen LogP contribution in [0, 0.1) is 0 Å². The van der Waals surface area contributed by atoms with Crippen LogP contribution in [-0.2, 0) is 11.3 Å². The van der Waals surface area contributed by atoms with Crippen molar-refractivity contribution in [3.05, 3.63) is 35.9 Å². The van der Waals surface area contributed by atoms with Gasteiger partial charge in [-0.1, -0.05) is 37.3 Å². The molecule has 2 nitrogen and oxygen atoms in total. The molecule has 1 saturated heterocycles. The fraction of sp³-hybridized carbons (Fsp3) is 0.538. The zero-order chi connectivity index (χ0) is 10.5. The molecule has 1 fully saturated rings. The van der Waals surface area contributed by atoms with E-state index in [0.29, 0.717) is 6.04 Å². The first-order valence-corrected chi connectivity index (χ1v) is 5.78. The fourth-order valence-corrected chi connectivity index (χ4v) is 1.88. The summed E-state index contributed by atoms with van der Waals surface area (Å²) in [5, 5.41) is 3.44. The molecule has 0 unspecified atom stereocenters. The summed E-state index contributed by atoms with van der Waals surface area (Å²) in [5.41, 5.74) is 1.26. The van der Waals surface area contributed by atoms with Crippen LogP contribution in [0.15, 0.2) is 30.3 Å². The van der Waals surface area contributed by atoms with Gasteiger partial charge in [-0.05, 0) is 18.4 Å². The van der Waals surface area contributed by atoms with Crippen molar-refractivity contribution in [2.24, 2.45) is 0 Å². The number of hydrogen-bond donors (Lipinski definition) is 1. The van der Waals surface area contributed by atoms with Gasteiger partial charge in [-0.25, -0.2) is 0 Å². The van der Waals surface area contributed by atoms with Gasteiger partial charge >= 0.3 is 0 Å². The number of rotatable bonds is 6. The van der Waals surface area contributed by atoms with Crippen LogP contribution in [0.2, 0.25) is 0 Å². The van der Waals surface area contributed by atoms with Crippen molar-refractivity contribution in [2.75, 3.05) is 6.61 Å². The van der Waals surface area contributed by atoms with E-state index in [9.17, 15) is 0 Å². The molecule has 1 aliphatic rings. The Hall–Kier alpha value is -0.860. The van der Waals surface area contributed by atoms with Gasteiger partial charge in [0.05, 0.1) is 6.61 Å². The van der Waals surface area contributed by atoms with Gasteiger partial charge in [-0.3, -0.25) is 0 Å². The first-order valence-electron chi connectivity index (χ1n) is 5.78. The highest BCUT2D eigenvalue weighted by Crippen LogP contribution is 2.17. The van der Waals surface area contributed by atoms with Crippen molar-refractivity contribution in [1.29, 1.82) is 0 Å². The molecular weight excluding hydrogens is 186 g/mol. The van der Waals surface area contributed by atoms with E-state index in [1.807, 2.05) is 18.2 Å².